The van der Waals surface area contributed by atoms with Crippen molar-refractivity contribution in [3.8, 4) is 5.88 Å². The van der Waals surface area contributed by atoms with E-state index in [1.54, 1.807) is 12.1 Å². The maximum Gasteiger partial charge on any atom is 0.290 e. The van der Waals surface area contributed by atoms with E-state index in [2.05, 4.69) is 20.2 Å². The lowest BCUT2D eigenvalue weighted by atomic mass is 10.0. The number of nitrogens with zero attached hydrogens (tertiary/aromatic N) is 5. The lowest BCUT2D eigenvalue weighted by Gasteiger charge is -2.22. The number of thioether (sulfide) groups is 1. The summed E-state index contributed by atoms with van der Waals surface area (Å²) in [6.45, 7) is 4.03. The second kappa shape index (κ2) is 10.3. The average molecular weight is 509 g/mol. The molecule has 0 saturated carbocycles. The molecular formula is C25H28N6O4S. The van der Waals surface area contributed by atoms with Crippen LogP contribution in [0, 0.1) is 11.8 Å². The number of hydrogen-bond donors (Lipinski definition) is 1. The topological polar surface area (TPSA) is 108 Å². The third kappa shape index (κ3) is 5.36. The molecule has 0 radical (unpaired) electrons. The molecular weight excluding hydrogens is 480 g/mol. The monoisotopic (exact) mass is 508 g/mol. The second-order valence-corrected chi connectivity index (χ2v) is 10.5. The Balaban J connectivity index is 1.32. The molecule has 10 nitrogen and oxygen atoms in total. The SMILES string of the molecule is CN(C)CCOc1cc(/C=C2/SC(=O)NC2=O)nc(N2CC3CN(C(=O)c4ccccc4)CC3C2)n1. The first-order valence-corrected chi connectivity index (χ1v) is 12.7. The highest BCUT2D eigenvalue weighted by Crippen LogP contribution is 2.34. The molecule has 2 atom stereocenters. The number of aromatic nitrogens is 2. The van der Waals surface area contributed by atoms with Crippen molar-refractivity contribution < 1.29 is 19.1 Å². The molecule has 36 heavy (non-hydrogen) atoms. The van der Waals surface area contributed by atoms with E-state index in [0.717, 1.165) is 31.4 Å². The molecule has 5 rings (SSSR count). The van der Waals surface area contributed by atoms with Gasteiger partial charge >= 0.3 is 0 Å². The van der Waals surface area contributed by atoms with Gasteiger partial charge in [0.25, 0.3) is 17.1 Å². The first kappa shape index (κ1) is 24.3. The second-order valence-electron chi connectivity index (χ2n) is 9.44. The number of nitrogens with one attached hydrogen (secondary N) is 1. The van der Waals surface area contributed by atoms with Crippen molar-refractivity contribution >= 4 is 40.8 Å². The van der Waals surface area contributed by atoms with Gasteiger partial charge in [-0.1, -0.05) is 18.2 Å². The highest BCUT2D eigenvalue weighted by atomic mass is 32.2. The van der Waals surface area contributed by atoms with Crippen molar-refractivity contribution in [1.29, 1.82) is 0 Å². The highest BCUT2D eigenvalue weighted by molar-refractivity contribution is 8.18. The molecule has 1 aromatic carbocycles. The smallest absolute Gasteiger partial charge is 0.290 e. The molecule has 1 N–H and O–H groups in total. The van der Waals surface area contributed by atoms with Crippen molar-refractivity contribution in [2.75, 3.05) is 58.3 Å². The average Bonchev–Trinajstić information content (AvgIpc) is 3.52. The molecule has 3 fully saturated rings. The number of likely N-dealkylation sites (tertiary alicyclic amines) is 1. The Labute approximate surface area is 213 Å². The van der Waals surface area contributed by atoms with Crippen LogP contribution in [0.2, 0.25) is 0 Å². The van der Waals surface area contributed by atoms with Gasteiger partial charge in [0.2, 0.25) is 11.8 Å². The van der Waals surface area contributed by atoms with Crippen molar-refractivity contribution in [2.24, 2.45) is 11.8 Å². The van der Waals surface area contributed by atoms with Crippen molar-refractivity contribution in [3.05, 3.63) is 52.6 Å². The Bertz CT molecular complexity index is 1190. The molecule has 3 amide bonds. The van der Waals surface area contributed by atoms with E-state index in [9.17, 15) is 14.4 Å². The van der Waals surface area contributed by atoms with E-state index in [1.165, 1.54) is 0 Å². The van der Waals surface area contributed by atoms with Gasteiger partial charge in [-0.25, -0.2) is 4.98 Å². The molecule has 11 heteroatoms. The van der Waals surface area contributed by atoms with Crippen LogP contribution in [-0.4, -0.2) is 90.2 Å². The molecule has 2 unspecified atom stereocenters. The van der Waals surface area contributed by atoms with E-state index < -0.39 is 11.1 Å². The Morgan fingerprint density at radius 1 is 1.14 bits per heavy atom. The minimum Gasteiger partial charge on any atom is -0.476 e. The zero-order valence-electron chi connectivity index (χ0n) is 20.2. The van der Waals surface area contributed by atoms with Crippen LogP contribution in [0.5, 0.6) is 5.88 Å². The zero-order chi connectivity index (χ0) is 25.2. The largest absolute Gasteiger partial charge is 0.476 e. The minimum atomic E-state index is -0.431. The van der Waals surface area contributed by atoms with E-state index in [0.29, 0.717) is 54.6 Å². The molecule has 3 saturated heterocycles. The molecule has 0 spiro atoms. The van der Waals surface area contributed by atoms with Crippen LogP contribution in [0.1, 0.15) is 16.1 Å². The predicted octanol–water partition coefficient (Wildman–Crippen LogP) is 1.95. The van der Waals surface area contributed by atoms with E-state index in [1.807, 2.05) is 54.2 Å². The third-order valence-corrected chi connectivity index (χ3v) is 7.31. The number of benzene rings is 1. The van der Waals surface area contributed by atoms with Crippen LogP contribution in [0.15, 0.2) is 41.3 Å². The Morgan fingerprint density at radius 2 is 1.86 bits per heavy atom. The van der Waals surface area contributed by atoms with E-state index in [-0.39, 0.29) is 10.8 Å². The lowest BCUT2D eigenvalue weighted by molar-refractivity contribution is -0.115. The van der Waals surface area contributed by atoms with Gasteiger partial charge in [-0.2, -0.15) is 4.98 Å². The lowest BCUT2D eigenvalue weighted by Crippen LogP contribution is -2.33. The number of carbonyl (C=O) groups excluding carboxylic acids is 3. The Morgan fingerprint density at radius 3 is 2.50 bits per heavy atom. The van der Waals surface area contributed by atoms with Crippen LogP contribution in [0.3, 0.4) is 0 Å². The summed E-state index contributed by atoms with van der Waals surface area (Å²) in [5, 5.41) is 1.87. The fourth-order valence-corrected chi connectivity index (χ4v) is 5.36. The third-order valence-electron chi connectivity index (χ3n) is 6.50. The number of likely N-dealkylation sites (N-methyl/N-ethyl adjacent to an activating group) is 1. The van der Waals surface area contributed by atoms with Crippen molar-refractivity contribution in [1.82, 2.24) is 25.1 Å². The maximum atomic E-state index is 12.9. The molecule has 1 aromatic heterocycles. The summed E-state index contributed by atoms with van der Waals surface area (Å²) >= 11 is 0.851. The summed E-state index contributed by atoms with van der Waals surface area (Å²) in [4.78, 5) is 52.2. The summed E-state index contributed by atoms with van der Waals surface area (Å²) in [7, 11) is 3.93. The number of imide groups is 1. The summed E-state index contributed by atoms with van der Waals surface area (Å²) in [6.07, 6.45) is 1.59. The number of amides is 3. The van der Waals surface area contributed by atoms with Gasteiger partial charge in [0.05, 0.1) is 10.6 Å². The maximum absolute atomic E-state index is 12.9. The minimum absolute atomic E-state index is 0.0693. The highest BCUT2D eigenvalue weighted by Gasteiger charge is 2.42. The fourth-order valence-electron chi connectivity index (χ4n) is 4.69. The van der Waals surface area contributed by atoms with Crippen molar-refractivity contribution in [2.45, 2.75) is 0 Å². The number of fused-ring (bicyclic) bond motifs is 1. The number of ether oxygens (including phenoxy) is 1. The number of hydrogen-bond acceptors (Lipinski definition) is 9. The molecule has 188 valence electrons. The molecule has 0 aliphatic carbocycles. The summed E-state index contributed by atoms with van der Waals surface area (Å²) < 4.78 is 5.89. The number of rotatable bonds is 7. The van der Waals surface area contributed by atoms with Gasteiger partial charge in [-0.15, -0.1) is 0 Å². The molecule has 2 aromatic rings. The van der Waals surface area contributed by atoms with Gasteiger partial charge in [-0.3, -0.25) is 19.7 Å². The first-order chi connectivity index (χ1) is 17.4. The number of anilines is 1. The number of carbonyl (C=O) groups is 3. The van der Waals surface area contributed by atoms with Crippen LogP contribution >= 0.6 is 11.8 Å². The Kier molecular flexibility index (Phi) is 6.92. The van der Waals surface area contributed by atoms with Gasteiger partial charge < -0.3 is 19.4 Å². The van der Waals surface area contributed by atoms with Crippen LogP contribution < -0.4 is 15.0 Å². The van der Waals surface area contributed by atoms with E-state index >= 15 is 0 Å². The van der Waals surface area contributed by atoms with Gasteiger partial charge in [0, 0.05) is 56.2 Å². The standard InChI is InChI=1S/C25H28N6O4S/c1-29(2)8-9-35-21-11-19(10-20-22(32)28-25(34)36-20)26-24(27-21)31-14-17-12-30(13-18(17)15-31)23(33)16-6-4-3-5-7-16/h3-7,10-11,17-18H,8-9,12-15H2,1-2H3,(H,28,32,34)/b20-10+. The summed E-state index contributed by atoms with van der Waals surface area (Å²) in [6, 6.07) is 11.1. The molecule has 0 bridgehead atoms. The molecule has 4 heterocycles. The first-order valence-electron chi connectivity index (χ1n) is 11.9. The molecule has 3 aliphatic heterocycles. The fraction of sp³-hybridized carbons (Fsp3) is 0.400. The van der Waals surface area contributed by atoms with Gasteiger partial charge in [0.1, 0.15) is 6.61 Å². The van der Waals surface area contributed by atoms with Crippen LogP contribution in [0.4, 0.5) is 10.7 Å². The van der Waals surface area contributed by atoms with Crippen LogP contribution in [-0.2, 0) is 4.79 Å². The quantitative estimate of drug-likeness (QED) is 0.562. The van der Waals surface area contributed by atoms with Gasteiger partial charge in [-0.05, 0) is 44.1 Å². The predicted molar refractivity (Wildman–Crippen MR) is 137 cm³/mol. The summed E-state index contributed by atoms with van der Waals surface area (Å²) in [5.41, 5.74) is 1.22. The van der Waals surface area contributed by atoms with Gasteiger partial charge in [0.15, 0.2) is 0 Å². The normalized spacial score (nSPS) is 22.5. The van der Waals surface area contributed by atoms with Crippen molar-refractivity contribution in [3.63, 3.8) is 0 Å². The zero-order valence-corrected chi connectivity index (χ0v) is 21.0. The van der Waals surface area contributed by atoms with Crippen LogP contribution in [0.25, 0.3) is 6.08 Å². The summed E-state index contributed by atoms with van der Waals surface area (Å²) in [5.74, 6) is 1.24. The molecule has 3 aliphatic rings. The Hall–Kier alpha value is -3.44. The van der Waals surface area contributed by atoms with E-state index in [4.69, 9.17) is 4.74 Å².